The second-order valence-corrected chi connectivity index (χ2v) is 2.37. The normalized spacial score (nSPS) is 9.67. The molecule has 0 spiro atoms. The van der Waals surface area contributed by atoms with E-state index >= 15 is 0 Å². The van der Waals surface area contributed by atoms with Gasteiger partial charge in [-0.05, 0) is 18.2 Å². The summed E-state index contributed by atoms with van der Waals surface area (Å²) < 4.78 is 0. The van der Waals surface area contributed by atoms with E-state index < -0.39 is 0 Å². The monoisotopic (exact) mass is 155 g/mol. The standard InChI is InChI=1S/C10H7N2/c1-2-6-12-10(3-1)9-4-7-11-8-5-9/h1-2,4-8H. The Morgan fingerprint density at radius 3 is 2.58 bits per heavy atom. The van der Waals surface area contributed by atoms with Crippen LogP contribution in [0.5, 0.6) is 0 Å². The van der Waals surface area contributed by atoms with E-state index in [4.69, 9.17) is 0 Å². The first-order chi connectivity index (χ1) is 5.97. The largest absolute Gasteiger partial charge is 0.265 e. The van der Waals surface area contributed by atoms with E-state index in [2.05, 4.69) is 16.0 Å². The predicted octanol–water partition coefficient (Wildman–Crippen LogP) is 1.94. The Kier molecular flexibility index (Phi) is 1.82. The van der Waals surface area contributed by atoms with Crippen molar-refractivity contribution < 1.29 is 0 Å². The topological polar surface area (TPSA) is 25.8 Å². The quantitative estimate of drug-likeness (QED) is 0.629. The molecule has 0 bridgehead atoms. The van der Waals surface area contributed by atoms with Crippen LogP contribution in [0.4, 0.5) is 0 Å². The molecule has 0 atom stereocenters. The molecule has 0 saturated heterocycles. The fraction of sp³-hybridized carbons (Fsp3) is 0. The van der Waals surface area contributed by atoms with Gasteiger partial charge in [-0.3, -0.25) is 9.97 Å². The molecule has 2 nitrogen and oxygen atoms in total. The molecule has 2 aromatic rings. The maximum absolute atomic E-state index is 4.17. The highest BCUT2D eigenvalue weighted by Crippen LogP contribution is 2.12. The van der Waals surface area contributed by atoms with Gasteiger partial charge in [0.15, 0.2) is 0 Å². The maximum Gasteiger partial charge on any atom is 0.0782 e. The summed E-state index contributed by atoms with van der Waals surface area (Å²) in [6.07, 6.45) is 5.25. The molecule has 2 rings (SSSR count). The van der Waals surface area contributed by atoms with Gasteiger partial charge in [-0.2, -0.15) is 0 Å². The van der Waals surface area contributed by atoms with E-state index in [0.29, 0.717) is 0 Å². The van der Waals surface area contributed by atoms with Gasteiger partial charge >= 0.3 is 0 Å². The molecule has 0 amide bonds. The summed E-state index contributed by atoms with van der Waals surface area (Å²) in [6, 6.07) is 10.6. The van der Waals surface area contributed by atoms with E-state index in [1.54, 1.807) is 18.6 Å². The molecule has 2 heteroatoms. The van der Waals surface area contributed by atoms with Gasteiger partial charge in [-0.1, -0.05) is 6.07 Å². The average molecular weight is 155 g/mol. The summed E-state index contributed by atoms with van der Waals surface area (Å²) in [7, 11) is 0. The molecule has 0 unspecified atom stereocenters. The van der Waals surface area contributed by atoms with Crippen molar-refractivity contribution in [3.8, 4) is 11.3 Å². The molecule has 2 heterocycles. The summed E-state index contributed by atoms with van der Waals surface area (Å²) in [5, 5.41) is 0. The zero-order chi connectivity index (χ0) is 8.23. The van der Waals surface area contributed by atoms with E-state index in [9.17, 15) is 0 Å². The minimum Gasteiger partial charge on any atom is -0.265 e. The Bertz CT molecular complexity index is 305. The molecular weight excluding hydrogens is 148 g/mol. The van der Waals surface area contributed by atoms with Crippen LogP contribution in [0.1, 0.15) is 0 Å². The number of nitrogens with zero attached hydrogens (tertiary/aromatic N) is 2. The van der Waals surface area contributed by atoms with Crippen molar-refractivity contribution in [3.63, 3.8) is 0 Å². The molecule has 0 aliphatic rings. The summed E-state index contributed by atoms with van der Waals surface area (Å²) >= 11 is 0. The van der Waals surface area contributed by atoms with Gasteiger partial charge in [0.1, 0.15) is 0 Å². The molecule has 1 radical (unpaired) electrons. The van der Waals surface area contributed by atoms with Crippen LogP contribution < -0.4 is 0 Å². The number of hydrogen-bond acceptors (Lipinski definition) is 2. The van der Waals surface area contributed by atoms with Gasteiger partial charge in [-0.25, -0.2) is 0 Å². The van der Waals surface area contributed by atoms with Crippen LogP contribution in [0.15, 0.2) is 42.9 Å². The highest BCUT2D eigenvalue weighted by atomic mass is 14.7. The van der Waals surface area contributed by atoms with Crippen molar-refractivity contribution >= 4 is 0 Å². The lowest BCUT2D eigenvalue weighted by Crippen LogP contribution is -1.81. The Morgan fingerprint density at radius 1 is 1.08 bits per heavy atom. The van der Waals surface area contributed by atoms with Crippen molar-refractivity contribution in [2.75, 3.05) is 0 Å². The first-order valence-electron chi connectivity index (χ1n) is 3.70. The van der Waals surface area contributed by atoms with Crippen molar-refractivity contribution in [1.82, 2.24) is 9.97 Å². The highest BCUT2D eigenvalue weighted by Gasteiger charge is 1.94. The van der Waals surface area contributed by atoms with Gasteiger partial charge in [0.2, 0.25) is 0 Å². The Morgan fingerprint density at radius 2 is 1.92 bits per heavy atom. The molecule has 57 valence electrons. The first kappa shape index (κ1) is 6.98. The minimum absolute atomic E-state index is 0.861. The third kappa shape index (κ3) is 1.32. The van der Waals surface area contributed by atoms with E-state index in [-0.39, 0.29) is 0 Å². The highest BCUT2D eigenvalue weighted by molar-refractivity contribution is 5.56. The second kappa shape index (κ2) is 3.13. The van der Waals surface area contributed by atoms with Crippen molar-refractivity contribution in [3.05, 3.63) is 48.9 Å². The van der Waals surface area contributed by atoms with Crippen LogP contribution in [-0.4, -0.2) is 9.97 Å². The molecule has 0 aliphatic carbocycles. The van der Waals surface area contributed by atoms with Crippen LogP contribution in [-0.2, 0) is 0 Å². The maximum atomic E-state index is 4.17. The number of pyridine rings is 2. The smallest absolute Gasteiger partial charge is 0.0782 e. The average Bonchev–Trinajstić information content (AvgIpc) is 2.21. The van der Waals surface area contributed by atoms with Gasteiger partial charge in [-0.15, -0.1) is 0 Å². The molecule has 2 aromatic heterocycles. The summed E-state index contributed by atoms with van der Waals surface area (Å²) in [5.74, 6) is 0. The van der Waals surface area contributed by atoms with Crippen LogP contribution in [0.3, 0.4) is 0 Å². The first-order valence-corrected chi connectivity index (χ1v) is 3.70. The molecule has 0 N–H and O–H groups in total. The summed E-state index contributed by atoms with van der Waals surface area (Å²) in [5.41, 5.74) is 1.91. The zero-order valence-corrected chi connectivity index (χ0v) is 6.44. The Hall–Kier alpha value is -1.70. The molecule has 0 saturated carbocycles. The second-order valence-electron chi connectivity index (χ2n) is 2.37. The Balaban J connectivity index is 2.46. The van der Waals surface area contributed by atoms with Gasteiger partial charge < -0.3 is 0 Å². The fourth-order valence-corrected chi connectivity index (χ4v) is 0.993. The van der Waals surface area contributed by atoms with Crippen molar-refractivity contribution in [2.45, 2.75) is 0 Å². The van der Waals surface area contributed by atoms with E-state index in [0.717, 1.165) is 11.3 Å². The zero-order valence-electron chi connectivity index (χ0n) is 6.44. The van der Waals surface area contributed by atoms with E-state index in [1.165, 1.54) is 0 Å². The SMILES string of the molecule is [c]1cccnc1-c1ccncc1. The molecule has 0 aromatic carbocycles. The lowest BCUT2D eigenvalue weighted by molar-refractivity contribution is 1.28. The van der Waals surface area contributed by atoms with Crippen LogP contribution in [0.25, 0.3) is 11.3 Å². The van der Waals surface area contributed by atoms with Gasteiger partial charge in [0.25, 0.3) is 0 Å². The van der Waals surface area contributed by atoms with Crippen LogP contribution in [0, 0.1) is 6.07 Å². The lowest BCUT2D eigenvalue weighted by Gasteiger charge is -1.96. The van der Waals surface area contributed by atoms with Crippen molar-refractivity contribution in [1.29, 1.82) is 0 Å². The summed E-state index contributed by atoms with van der Waals surface area (Å²) in [6.45, 7) is 0. The number of aromatic nitrogens is 2. The van der Waals surface area contributed by atoms with Crippen LogP contribution in [0.2, 0.25) is 0 Å². The lowest BCUT2D eigenvalue weighted by atomic mass is 10.2. The molecule has 0 fully saturated rings. The van der Waals surface area contributed by atoms with Gasteiger partial charge in [0.05, 0.1) is 5.69 Å². The minimum atomic E-state index is 0.861. The van der Waals surface area contributed by atoms with E-state index in [1.807, 2.05) is 24.3 Å². The van der Waals surface area contributed by atoms with Gasteiger partial charge in [0, 0.05) is 30.2 Å². The number of rotatable bonds is 1. The van der Waals surface area contributed by atoms with Crippen LogP contribution >= 0.6 is 0 Å². The fourth-order valence-electron chi connectivity index (χ4n) is 0.993. The van der Waals surface area contributed by atoms with Crippen molar-refractivity contribution in [2.24, 2.45) is 0 Å². The summed E-state index contributed by atoms with van der Waals surface area (Å²) in [4.78, 5) is 8.09. The Labute approximate surface area is 70.9 Å². The molecular formula is C10H7N2. The third-order valence-electron chi connectivity index (χ3n) is 1.56. The molecule has 12 heavy (non-hydrogen) atoms. The molecule has 0 aliphatic heterocycles. The predicted molar refractivity (Wildman–Crippen MR) is 46.3 cm³/mol. The third-order valence-corrected chi connectivity index (χ3v) is 1.56. The number of hydrogen-bond donors (Lipinski definition) is 0.